The van der Waals surface area contributed by atoms with Crippen LogP contribution in [0.3, 0.4) is 0 Å². The van der Waals surface area contributed by atoms with Crippen molar-refractivity contribution >= 4 is 45.0 Å². The molecule has 3 rings (SSSR count). The molecule has 1 aromatic heterocycles. The smallest absolute Gasteiger partial charge is 0.264 e. The molecular weight excluding hydrogens is 482 g/mol. The van der Waals surface area contributed by atoms with Gasteiger partial charge in [-0.05, 0) is 49.4 Å². The maximum absolute atomic E-state index is 13.5. The van der Waals surface area contributed by atoms with Gasteiger partial charge in [-0.2, -0.15) is 0 Å². The lowest BCUT2D eigenvalue weighted by Gasteiger charge is -2.26. The van der Waals surface area contributed by atoms with Gasteiger partial charge in [-0.1, -0.05) is 35.4 Å². The zero-order valence-corrected chi connectivity index (χ0v) is 20.6. The minimum absolute atomic E-state index is 0.0636. The molecule has 0 aliphatic carbocycles. The van der Waals surface area contributed by atoms with Gasteiger partial charge in [-0.15, -0.1) is 11.8 Å². The van der Waals surface area contributed by atoms with E-state index in [9.17, 15) is 13.2 Å². The summed E-state index contributed by atoms with van der Waals surface area (Å²) in [5.74, 6) is 0.427. The normalized spacial score (nSPS) is 11.1. The predicted molar refractivity (Wildman–Crippen MR) is 132 cm³/mol. The number of carbonyl (C=O) groups excluding carboxylic acids is 1. The van der Waals surface area contributed by atoms with E-state index in [1.165, 1.54) is 37.1 Å². The number of nitrogens with one attached hydrogen (secondary N) is 1. The first kappa shape index (κ1) is 24.9. The first-order valence-corrected chi connectivity index (χ1v) is 12.8. The average molecular weight is 506 g/mol. The fourth-order valence-electron chi connectivity index (χ4n) is 2.96. The average Bonchev–Trinajstić information content (AvgIpc) is 2.81. The molecule has 0 saturated heterocycles. The van der Waals surface area contributed by atoms with Crippen LogP contribution in [0.4, 0.5) is 5.69 Å². The second kappa shape index (κ2) is 11.4. The van der Waals surface area contributed by atoms with Gasteiger partial charge >= 0.3 is 0 Å². The topological polar surface area (TPSA) is 88.6 Å². The lowest BCUT2D eigenvalue weighted by molar-refractivity contribution is -0.119. The van der Waals surface area contributed by atoms with Gasteiger partial charge in [0.25, 0.3) is 10.0 Å². The summed E-state index contributed by atoms with van der Waals surface area (Å²) in [6.07, 6.45) is 1.70. The SMILES string of the molecule is COc1ccc(Cl)cc1N(CC(=O)NCCSc1ccccn1)S(=O)(=O)c1ccc(C)cc1. The molecule has 33 heavy (non-hydrogen) atoms. The Morgan fingerprint density at radius 1 is 1.15 bits per heavy atom. The minimum atomic E-state index is -4.07. The molecule has 0 fully saturated rings. The third-order valence-corrected chi connectivity index (χ3v) is 7.57. The van der Waals surface area contributed by atoms with Crippen molar-refractivity contribution in [3.63, 3.8) is 0 Å². The molecule has 1 amide bonds. The lowest BCUT2D eigenvalue weighted by Crippen LogP contribution is -2.41. The van der Waals surface area contributed by atoms with Crippen molar-refractivity contribution < 1.29 is 17.9 Å². The van der Waals surface area contributed by atoms with E-state index in [0.29, 0.717) is 17.3 Å². The Hall–Kier alpha value is -2.75. The Balaban J connectivity index is 1.81. The molecule has 0 unspecified atom stereocenters. The van der Waals surface area contributed by atoms with Crippen molar-refractivity contribution in [1.29, 1.82) is 0 Å². The van der Waals surface area contributed by atoms with E-state index in [4.69, 9.17) is 16.3 Å². The Kier molecular flexibility index (Phi) is 8.60. The number of hydrogen-bond acceptors (Lipinski definition) is 6. The Labute approximate surface area is 203 Å². The number of anilines is 1. The number of aryl methyl sites for hydroxylation is 1. The Morgan fingerprint density at radius 2 is 1.91 bits per heavy atom. The summed E-state index contributed by atoms with van der Waals surface area (Å²) in [6.45, 7) is 1.79. The van der Waals surface area contributed by atoms with Crippen molar-refractivity contribution in [1.82, 2.24) is 10.3 Å². The third-order valence-electron chi connectivity index (χ3n) is 4.62. The highest BCUT2D eigenvalue weighted by Gasteiger charge is 2.29. The van der Waals surface area contributed by atoms with Gasteiger partial charge in [-0.3, -0.25) is 9.10 Å². The minimum Gasteiger partial charge on any atom is -0.495 e. The molecule has 0 aliphatic heterocycles. The van der Waals surface area contributed by atoms with Crippen molar-refractivity contribution in [3.05, 3.63) is 77.4 Å². The van der Waals surface area contributed by atoms with Crippen LogP contribution in [0.2, 0.25) is 5.02 Å². The molecule has 10 heteroatoms. The van der Waals surface area contributed by atoms with Crippen LogP contribution in [0, 0.1) is 6.92 Å². The summed E-state index contributed by atoms with van der Waals surface area (Å²) in [7, 11) is -2.64. The van der Waals surface area contributed by atoms with Crippen molar-refractivity contribution in [2.75, 3.05) is 30.3 Å². The van der Waals surface area contributed by atoms with Gasteiger partial charge in [0, 0.05) is 23.5 Å². The van der Waals surface area contributed by atoms with E-state index in [1.807, 2.05) is 25.1 Å². The van der Waals surface area contributed by atoms with Crippen LogP contribution in [0.5, 0.6) is 5.75 Å². The molecule has 174 valence electrons. The number of carbonyl (C=O) groups is 1. The van der Waals surface area contributed by atoms with Crippen LogP contribution in [0.1, 0.15) is 5.56 Å². The van der Waals surface area contributed by atoms with Crippen LogP contribution >= 0.6 is 23.4 Å². The predicted octanol–water partition coefficient (Wildman–Crippen LogP) is 4.16. The first-order valence-electron chi connectivity index (χ1n) is 10.0. The van der Waals surface area contributed by atoms with Gasteiger partial charge in [0.15, 0.2) is 0 Å². The van der Waals surface area contributed by atoms with E-state index >= 15 is 0 Å². The second-order valence-electron chi connectivity index (χ2n) is 7.01. The number of benzene rings is 2. The number of nitrogens with zero attached hydrogens (tertiary/aromatic N) is 2. The monoisotopic (exact) mass is 505 g/mol. The van der Waals surface area contributed by atoms with E-state index in [2.05, 4.69) is 10.3 Å². The zero-order valence-electron chi connectivity index (χ0n) is 18.2. The highest BCUT2D eigenvalue weighted by Crippen LogP contribution is 2.34. The van der Waals surface area contributed by atoms with E-state index in [1.54, 1.807) is 30.5 Å². The van der Waals surface area contributed by atoms with Crippen LogP contribution in [0.15, 0.2) is 76.8 Å². The van der Waals surface area contributed by atoms with Crippen LogP contribution in [-0.2, 0) is 14.8 Å². The van der Waals surface area contributed by atoms with Crippen molar-refractivity contribution in [3.8, 4) is 5.75 Å². The molecule has 3 aromatic rings. The number of methoxy groups -OCH3 is 1. The number of ether oxygens (including phenoxy) is 1. The number of sulfonamides is 1. The number of hydrogen-bond donors (Lipinski definition) is 1. The molecule has 1 heterocycles. The van der Waals surface area contributed by atoms with Gasteiger partial charge < -0.3 is 10.1 Å². The molecule has 1 N–H and O–H groups in total. The fraction of sp³-hybridized carbons (Fsp3) is 0.217. The summed E-state index contributed by atoms with van der Waals surface area (Å²) in [5, 5.41) is 3.94. The third kappa shape index (κ3) is 6.63. The largest absolute Gasteiger partial charge is 0.495 e. The fourth-order valence-corrected chi connectivity index (χ4v) is 5.27. The molecule has 0 atom stereocenters. The molecule has 2 aromatic carbocycles. The first-order chi connectivity index (χ1) is 15.8. The number of halogens is 1. The lowest BCUT2D eigenvalue weighted by atomic mass is 10.2. The standard InChI is InChI=1S/C23H24ClN3O4S2/c1-17-6-9-19(10-7-17)33(29,30)27(20-15-18(24)8-11-21(20)31-2)16-22(28)25-13-14-32-23-5-3-4-12-26-23/h3-12,15H,13-14,16H2,1-2H3,(H,25,28). The summed E-state index contributed by atoms with van der Waals surface area (Å²) in [5.41, 5.74) is 1.10. The van der Waals surface area contributed by atoms with Gasteiger partial charge in [0.05, 0.1) is 22.7 Å². The molecule has 0 bridgehead atoms. The van der Waals surface area contributed by atoms with E-state index < -0.39 is 22.5 Å². The van der Waals surface area contributed by atoms with Gasteiger partial charge in [-0.25, -0.2) is 13.4 Å². The van der Waals surface area contributed by atoms with Gasteiger partial charge in [0.2, 0.25) is 5.91 Å². The quantitative estimate of drug-likeness (QED) is 0.329. The number of thioether (sulfide) groups is 1. The highest BCUT2D eigenvalue weighted by molar-refractivity contribution is 7.99. The summed E-state index contributed by atoms with van der Waals surface area (Å²) in [4.78, 5) is 17.0. The van der Waals surface area contributed by atoms with Crippen LogP contribution in [-0.4, -0.2) is 45.3 Å². The summed E-state index contributed by atoms with van der Waals surface area (Å²) in [6, 6.07) is 16.7. The van der Waals surface area contributed by atoms with Crippen molar-refractivity contribution in [2.45, 2.75) is 16.8 Å². The van der Waals surface area contributed by atoms with E-state index in [-0.39, 0.29) is 16.3 Å². The Morgan fingerprint density at radius 3 is 2.58 bits per heavy atom. The number of aromatic nitrogens is 1. The summed E-state index contributed by atoms with van der Waals surface area (Å²) >= 11 is 7.64. The van der Waals surface area contributed by atoms with Gasteiger partial charge in [0.1, 0.15) is 12.3 Å². The molecule has 0 spiro atoms. The van der Waals surface area contributed by atoms with Crippen molar-refractivity contribution in [2.24, 2.45) is 0 Å². The number of pyridine rings is 1. The number of rotatable bonds is 10. The zero-order chi connectivity index (χ0) is 23.8. The maximum Gasteiger partial charge on any atom is 0.264 e. The maximum atomic E-state index is 13.5. The summed E-state index contributed by atoms with van der Waals surface area (Å²) < 4.78 is 33.4. The second-order valence-corrected chi connectivity index (χ2v) is 10.4. The van der Waals surface area contributed by atoms with Crippen LogP contribution < -0.4 is 14.4 Å². The molecule has 7 nitrogen and oxygen atoms in total. The number of amides is 1. The van der Waals surface area contributed by atoms with Crippen LogP contribution in [0.25, 0.3) is 0 Å². The molecular formula is C23H24ClN3O4S2. The molecule has 0 saturated carbocycles. The highest BCUT2D eigenvalue weighted by atomic mass is 35.5. The Bertz CT molecular complexity index is 1190. The molecule has 0 radical (unpaired) electrons. The van der Waals surface area contributed by atoms with E-state index in [0.717, 1.165) is 14.9 Å². The molecule has 0 aliphatic rings.